The molecule has 1 N–H and O–H groups in total. The van der Waals surface area contributed by atoms with Crippen LogP contribution in [0.15, 0.2) is 18.2 Å². The lowest BCUT2D eigenvalue weighted by molar-refractivity contribution is 0.696. The zero-order valence-electron chi connectivity index (χ0n) is 7.60. The summed E-state index contributed by atoms with van der Waals surface area (Å²) < 4.78 is 0. The Labute approximate surface area is 83.1 Å². The van der Waals surface area contributed by atoms with Crippen molar-refractivity contribution in [2.75, 3.05) is 11.9 Å². The Morgan fingerprint density at radius 2 is 2.31 bits per heavy atom. The van der Waals surface area contributed by atoms with E-state index >= 15 is 0 Å². The molecule has 1 aliphatic carbocycles. The molecule has 1 heterocycles. The molecule has 13 heavy (non-hydrogen) atoms. The molecule has 0 saturated heterocycles. The van der Waals surface area contributed by atoms with E-state index in [-0.39, 0.29) is 0 Å². The summed E-state index contributed by atoms with van der Waals surface area (Å²) in [5, 5.41) is 4.31. The first kappa shape index (κ1) is 7.69. The largest absolute Gasteiger partial charge is 0.384 e. The summed E-state index contributed by atoms with van der Waals surface area (Å²) in [7, 11) is 0. The van der Waals surface area contributed by atoms with Gasteiger partial charge >= 0.3 is 0 Å². The molecule has 1 fully saturated rings. The van der Waals surface area contributed by atoms with Crippen molar-refractivity contribution in [1.29, 1.82) is 0 Å². The second-order valence-electron chi connectivity index (χ2n) is 4.30. The fourth-order valence-corrected chi connectivity index (χ4v) is 2.71. The average molecular weight is 194 g/mol. The zero-order valence-corrected chi connectivity index (χ0v) is 8.36. The van der Waals surface area contributed by atoms with Crippen molar-refractivity contribution in [1.82, 2.24) is 0 Å². The standard InChI is InChI=1S/C11H12ClN/c1-7-5-11(7)6-13-10-3-2-8(12)4-9(10)11/h2-4,7,13H,5-6H2,1H3. The minimum atomic E-state index is 0.431. The molecule has 2 atom stereocenters. The predicted octanol–water partition coefficient (Wildman–Crippen LogP) is 3.04. The Hall–Kier alpha value is -0.690. The van der Waals surface area contributed by atoms with Crippen molar-refractivity contribution >= 4 is 17.3 Å². The Morgan fingerprint density at radius 1 is 1.54 bits per heavy atom. The fraction of sp³-hybridized carbons (Fsp3) is 0.455. The number of rotatable bonds is 0. The van der Waals surface area contributed by atoms with Crippen LogP contribution in [0.3, 0.4) is 0 Å². The van der Waals surface area contributed by atoms with Gasteiger partial charge in [0.1, 0.15) is 0 Å². The molecule has 1 aromatic rings. The van der Waals surface area contributed by atoms with Crippen molar-refractivity contribution < 1.29 is 0 Å². The molecule has 1 aromatic carbocycles. The van der Waals surface area contributed by atoms with E-state index in [1.54, 1.807) is 0 Å². The topological polar surface area (TPSA) is 12.0 Å². The molecule has 2 unspecified atom stereocenters. The molecule has 1 aliphatic heterocycles. The van der Waals surface area contributed by atoms with E-state index in [0.29, 0.717) is 5.41 Å². The number of anilines is 1. The fourth-order valence-electron chi connectivity index (χ4n) is 2.54. The number of hydrogen-bond donors (Lipinski definition) is 1. The van der Waals surface area contributed by atoms with Crippen molar-refractivity contribution in [3.05, 3.63) is 28.8 Å². The summed E-state index contributed by atoms with van der Waals surface area (Å²) in [6.45, 7) is 3.42. The maximum Gasteiger partial charge on any atom is 0.0410 e. The molecule has 1 nitrogen and oxygen atoms in total. The van der Waals surface area contributed by atoms with Gasteiger partial charge in [-0.25, -0.2) is 0 Å². The number of benzene rings is 1. The second-order valence-corrected chi connectivity index (χ2v) is 4.74. The lowest BCUT2D eigenvalue weighted by Crippen LogP contribution is -2.11. The Morgan fingerprint density at radius 3 is 3.00 bits per heavy atom. The zero-order chi connectivity index (χ0) is 9.05. The molecule has 0 aromatic heterocycles. The SMILES string of the molecule is CC1CC12CNc1ccc(Cl)cc12. The van der Waals surface area contributed by atoms with Crippen LogP contribution in [0.5, 0.6) is 0 Å². The maximum absolute atomic E-state index is 6.00. The maximum atomic E-state index is 6.00. The number of halogens is 1. The van der Waals surface area contributed by atoms with Gasteiger partial charge in [0.2, 0.25) is 0 Å². The molecule has 0 radical (unpaired) electrons. The van der Waals surface area contributed by atoms with E-state index in [0.717, 1.165) is 17.5 Å². The van der Waals surface area contributed by atoms with Crippen LogP contribution in [0, 0.1) is 5.92 Å². The van der Waals surface area contributed by atoms with Crippen LogP contribution >= 0.6 is 11.6 Å². The molecular formula is C11H12ClN. The summed E-state index contributed by atoms with van der Waals surface area (Å²) in [4.78, 5) is 0. The molecule has 3 rings (SSSR count). The first-order chi connectivity index (χ1) is 6.22. The van der Waals surface area contributed by atoms with Crippen molar-refractivity contribution in [2.24, 2.45) is 5.92 Å². The number of fused-ring (bicyclic) bond motifs is 2. The quantitative estimate of drug-likeness (QED) is 0.668. The highest BCUT2D eigenvalue weighted by atomic mass is 35.5. The summed E-state index contributed by atoms with van der Waals surface area (Å²) >= 11 is 6.00. The molecule has 1 saturated carbocycles. The highest BCUT2D eigenvalue weighted by Gasteiger charge is 2.55. The Bertz CT molecular complexity index is 374. The van der Waals surface area contributed by atoms with Gasteiger partial charge < -0.3 is 5.32 Å². The molecule has 0 amide bonds. The van der Waals surface area contributed by atoms with Gasteiger partial charge in [-0.15, -0.1) is 0 Å². The van der Waals surface area contributed by atoms with E-state index in [1.807, 2.05) is 6.07 Å². The van der Waals surface area contributed by atoms with Gasteiger partial charge in [-0.2, -0.15) is 0 Å². The Kier molecular flexibility index (Phi) is 1.31. The van der Waals surface area contributed by atoms with Crippen LogP contribution < -0.4 is 5.32 Å². The molecule has 1 spiro atoms. The normalized spacial score (nSPS) is 34.5. The lowest BCUT2D eigenvalue weighted by atomic mass is 9.96. The van der Waals surface area contributed by atoms with Crippen LogP contribution in [-0.2, 0) is 5.41 Å². The number of hydrogen-bond acceptors (Lipinski definition) is 1. The smallest absolute Gasteiger partial charge is 0.0410 e. The molecule has 0 bridgehead atoms. The molecule has 68 valence electrons. The first-order valence-electron chi connectivity index (χ1n) is 4.76. The number of nitrogens with one attached hydrogen (secondary N) is 1. The third kappa shape index (κ3) is 0.884. The van der Waals surface area contributed by atoms with E-state index in [9.17, 15) is 0 Å². The van der Waals surface area contributed by atoms with Crippen LogP contribution in [0.2, 0.25) is 5.02 Å². The Balaban J connectivity index is 2.15. The molecule has 2 aliphatic rings. The highest BCUT2D eigenvalue weighted by molar-refractivity contribution is 6.30. The summed E-state index contributed by atoms with van der Waals surface area (Å²) in [6, 6.07) is 6.18. The van der Waals surface area contributed by atoms with Crippen LogP contribution in [-0.4, -0.2) is 6.54 Å². The van der Waals surface area contributed by atoms with Gasteiger partial charge in [0.25, 0.3) is 0 Å². The average Bonchev–Trinajstić information content (AvgIpc) is 2.61. The molecule has 2 heteroatoms. The van der Waals surface area contributed by atoms with E-state index in [2.05, 4.69) is 24.4 Å². The van der Waals surface area contributed by atoms with Gasteiger partial charge in [-0.1, -0.05) is 18.5 Å². The first-order valence-corrected chi connectivity index (χ1v) is 5.14. The minimum Gasteiger partial charge on any atom is -0.384 e. The molecular weight excluding hydrogens is 182 g/mol. The van der Waals surface area contributed by atoms with Crippen molar-refractivity contribution in [3.63, 3.8) is 0 Å². The van der Waals surface area contributed by atoms with Gasteiger partial charge in [0.15, 0.2) is 0 Å². The predicted molar refractivity (Wildman–Crippen MR) is 55.4 cm³/mol. The summed E-state index contributed by atoms with van der Waals surface area (Å²) in [5.41, 5.74) is 3.15. The van der Waals surface area contributed by atoms with Crippen LogP contribution in [0.25, 0.3) is 0 Å². The summed E-state index contributed by atoms with van der Waals surface area (Å²) in [5.74, 6) is 0.819. The van der Waals surface area contributed by atoms with E-state index in [1.165, 1.54) is 17.7 Å². The second kappa shape index (κ2) is 2.21. The monoisotopic (exact) mass is 193 g/mol. The third-order valence-electron chi connectivity index (χ3n) is 3.57. The van der Waals surface area contributed by atoms with Gasteiger partial charge in [-0.3, -0.25) is 0 Å². The van der Waals surface area contributed by atoms with Crippen molar-refractivity contribution in [3.8, 4) is 0 Å². The van der Waals surface area contributed by atoms with E-state index < -0.39 is 0 Å². The van der Waals surface area contributed by atoms with E-state index in [4.69, 9.17) is 11.6 Å². The van der Waals surface area contributed by atoms with Gasteiger partial charge in [-0.05, 0) is 36.1 Å². The van der Waals surface area contributed by atoms with Crippen LogP contribution in [0.1, 0.15) is 18.9 Å². The third-order valence-corrected chi connectivity index (χ3v) is 3.80. The summed E-state index contributed by atoms with van der Waals surface area (Å²) in [6.07, 6.45) is 1.31. The van der Waals surface area contributed by atoms with Crippen LogP contribution in [0.4, 0.5) is 5.69 Å². The minimum absolute atomic E-state index is 0.431. The van der Waals surface area contributed by atoms with Gasteiger partial charge in [0, 0.05) is 22.7 Å². The lowest BCUT2D eigenvalue weighted by Gasteiger charge is -2.07. The highest BCUT2D eigenvalue weighted by Crippen LogP contribution is 2.59. The van der Waals surface area contributed by atoms with Gasteiger partial charge in [0.05, 0.1) is 0 Å². The van der Waals surface area contributed by atoms with Crippen molar-refractivity contribution in [2.45, 2.75) is 18.8 Å².